The molecule has 0 radical (unpaired) electrons. The van der Waals surface area contributed by atoms with E-state index in [0.29, 0.717) is 5.69 Å². The molecule has 2 aromatic rings. The maximum absolute atomic E-state index is 12.5. The summed E-state index contributed by atoms with van der Waals surface area (Å²) in [6.07, 6.45) is 1.18. The molecule has 26 heavy (non-hydrogen) atoms. The number of nitrogens with zero attached hydrogens (tertiary/aromatic N) is 2. The fraction of sp³-hybridized carbons (Fsp3) is 0.368. The lowest BCUT2D eigenvalue weighted by molar-refractivity contribution is 0.258. The monoisotopic (exact) mass is 393 g/mol. The number of rotatable bonds is 6. The van der Waals surface area contributed by atoms with Crippen LogP contribution in [-0.4, -0.2) is 46.0 Å². The van der Waals surface area contributed by atoms with Crippen LogP contribution in [0.3, 0.4) is 0 Å². The lowest BCUT2D eigenvalue weighted by Crippen LogP contribution is -2.46. The molecule has 0 aliphatic carbocycles. The van der Waals surface area contributed by atoms with Crippen LogP contribution in [0.15, 0.2) is 53.4 Å². The van der Waals surface area contributed by atoms with Crippen molar-refractivity contribution < 1.29 is 8.42 Å². The molecule has 0 saturated carbocycles. The molecule has 0 unspecified atom stereocenters. The quantitative estimate of drug-likeness (QED) is 0.813. The van der Waals surface area contributed by atoms with E-state index in [4.69, 9.17) is 11.6 Å². The zero-order valence-electron chi connectivity index (χ0n) is 14.9. The number of nitrogens with one attached hydrogen (secondary N) is 1. The van der Waals surface area contributed by atoms with Gasteiger partial charge < -0.3 is 4.90 Å². The highest BCUT2D eigenvalue weighted by Crippen LogP contribution is 2.25. The summed E-state index contributed by atoms with van der Waals surface area (Å²) in [5.41, 5.74) is 1.64. The number of hydrogen-bond donors (Lipinski definition) is 1. The minimum absolute atomic E-state index is 0.0813. The van der Waals surface area contributed by atoms with Crippen LogP contribution in [-0.2, 0) is 10.0 Å². The van der Waals surface area contributed by atoms with Gasteiger partial charge in [0.05, 0.1) is 5.02 Å². The Morgan fingerprint density at radius 1 is 1.00 bits per heavy atom. The summed E-state index contributed by atoms with van der Waals surface area (Å²) in [4.78, 5) is 4.89. The molecule has 1 heterocycles. The summed E-state index contributed by atoms with van der Waals surface area (Å²) in [6.45, 7) is 7.46. The molecule has 2 aromatic carbocycles. The predicted molar refractivity (Wildman–Crippen MR) is 108 cm³/mol. The predicted octanol–water partition coefficient (Wildman–Crippen LogP) is 3.67. The Kier molecular flexibility index (Phi) is 6.06. The van der Waals surface area contributed by atoms with Crippen molar-refractivity contribution in [2.75, 3.05) is 42.3 Å². The highest BCUT2D eigenvalue weighted by Gasteiger charge is 2.19. The van der Waals surface area contributed by atoms with Crippen molar-refractivity contribution in [2.45, 2.75) is 18.2 Å². The van der Waals surface area contributed by atoms with Gasteiger partial charge in [0.25, 0.3) is 10.0 Å². The SMILES string of the molecule is CCCN1CCN(c2ccc(NS(=O)(=O)c3ccccc3Cl)cc2)CC1. The van der Waals surface area contributed by atoms with Crippen LogP contribution < -0.4 is 9.62 Å². The maximum Gasteiger partial charge on any atom is 0.263 e. The van der Waals surface area contributed by atoms with Gasteiger partial charge in [0.15, 0.2) is 0 Å². The van der Waals surface area contributed by atoms with E-state index in [1.165, 1.54) is 12.5 Å². The zero-order valence-corrected chi connectivity index (χ0v) is 16.4. The fourth-order valence-electron chi connectivity index (χ4n) is 3.16. The normalized spacial score (nSPS) is 15.8. The second-order valence-corrected chi connectivity index (χ2v) is 8.47. The molecule has 0 spiro atoms. The van der Waals surface area contributed by atoms with Crippen LogP contribution in [0.2, 0.25) is 5.02 Å². The molecule has 1 fully saturated rings. The Morgan fingerprint density at radius 2 is 1.65 bits per heavy atom. The molecule has 1 saturated heterocycles. The van der Waals surface area contributed by atoms with Gasteiger partial charge in [-0.2, -0.15) is 0 Å². The van der Waals surface area contributed by atoms with E-state index in [1.807, 2.05) is 12.1 Å². The molecule has 3 rings (SSSR count). The Morgan fingerprint density at radius 3 is 2.27 bits per heavy atom. The van der Waals surface area contributed by atoms with Gasteiger partial charge in [-0.25, -0.2) is 8.42 Å². The molecule has 0 bridgehead atoms. The number of hydrogen-bond acceptors (Lipinski definition) is 4. The lowest BCUT2D eigenvalue weighted by atomic mass is 10.2. The van der Waals surface area contributed by atoms with Crippen molar-refractivity contribution in [1.82, 2.24) is 4.90 Å². The van der Waals surface area contributed by atoms with Gasteiger partial charge in [-0.15, -0.1) is 0 Å². The van der Waals surface area contributed by atoms with Crippen LogP contribution in [0.25, 0.3) is 0 Å². The molecular weight excluding hydrogens is 370 g/mol. The minimum atomic E-state index is -3.70. The van der Waals surface area contributed by atoms with E-state index in [0.717, 1.165) is 38.4 Å². The Labute approximate surface area is 160 Å². The van der Waals surface area contributed by atoms with E-state index in [1.54, 1.807) is 30.3 Å². The van der Waals surface area contributed by atoms with Gasteiger partial charge in [-0.1, -0.05) is 30.7 Å². The van der Waals surface area contributed by atoms with Crippen molar-refractivity contribution in [3.8, 4) is 0 Å². The average Bonchev–Trinajstić information content (AvgIpc) is 2.63. The van der Waals surface area contributed by atoms with Crippen molar-refractivity contribution in [1.29, 1.82) is 0 Å². The summed E-state index contributed by atoms with van der Waals surface area (Å²) < 4.78 is 27.6. The fourth-order valence-corrected chi connectivity index (χ4v) is 4.74. The van der Waals surface area contributed by atoms with Crippen LogP contribution in [0.4, 0.5) is 11.4 Å². The number of piperazine rings is 1. The van der Waals surface area contributed by atoms with Crippen molar-refractivity contribution >= 4 is 33.0 Å². The zero-order chi connectivity index (χ0) is 18.6. The summed E-state index contributed by atoms with van der Waals surface area (Å²) in [5.74, 6) is 0. The lowest BCUT2D eigenvalue weighted by Gasteiger charge is -2.36. The first-order valence-electron chi connectivity index (χ1n) is 8.84. The Balaban J connectivity index is 1.66. The molecule has 0 atom stereocenters. The van der Waals surface area contributed by atoms with E-state index >= 15 is 0 Å². The number of sulfonamides is 1. The largest absolute Gasteiger partial charge is 0.369 e. The number of anilines is 2. The van der Waals surface area contributed by atoms with Gasteiger partial charge in [0.1, 0.15) is 4.90 Å². The molecule has 1 N–H and O–H groups in total. The number of halogens is 1. The van der Waals surface area contributed by atoms with E-state index < -0.39 is 10.0 Å². The van der Waals surface area contributed by atoms with Crippen molar-refractivity contribution in [3.05, 3.63) is 53.6 Å². The molecule has 0 amide bonds. The third-order valence-electron chi connectivity index (χ3n) is 4.52. The summed E-state index contributed by atoms with van der Waals surface area (Å²) in [5, 5.41) is 0.210. The summed E-state index contributed by atoms with van der Waals surface area (Å²) in [6, 6.07) is 13.9. The van der Waals surface area contributed by atoms with E-state index in [9.17, 15) is 8.42 Å². The third-order valence-corrected chi connectivity index (χ3v) is 6.40. The first-order valence-corrected chi connectivity index (χ1v) is 10.7. The summed E-state index contributed by atoms with van der Waals surface area (Å²) in [7, 11) is -3.70. The molecule has 1 aliphatic heterocycles. The smallest absolute Gasteiger partial charge is 0.263 e. The van der Waals surface area contributed by atoms with Gasteiger partial charge in [0, 0.05) is 37.6 Å². The van der Waals surface area contributed by atoms with Crippen LogP contribution in [0.1, 0.15) is 13.3 Å². The van der Waals surface area contributed by atoms with Gasteiger partial charge in [-0.3, -0.25) is 9.62 Å². The van der Waals surface area contributed by atoms with E-state index in [2.05, 4.69) is 21.4 Å². The minimum Gasteiger partial charge on any atom is -0.369 e. The second-order valence-electron chi connectivity index (χ2n) is 6.41. The Bertz CT molecular complexity index is 832. The topological polar surface area (TPSA) is 52.6 Å². The van der Waals surface area contributed by atoms with Crippen LogP contribution in [0, 0.1) is 0 Å². The molecule has 140 valence electrons. The van der Waals surface area contributed by atoms with E-state index in [-0.39, 0.29) is 9.92 Å². The summed E-state index contributed by atoms with van der Waals surface area (Å²) >= 11 is 6.01. The maximum atomic E-state index is 12.5. The van der Waals surface area contributed by atoms with Gasteiger partial charge in [0.2, 0.25) is 0 Å². The average molecular weight is 394 g/mol. The Hall–Kier alpha value is -1.76. The third kappa shape index (κ3) is 4.50. The van der Waals surface area contributed by atoms with Crippen LogP contribution in [0.5, 0.6) is 0 Å². The molecule has 1 aliphatic rings. The second kappa shape index (κ2) is 8.29. The van der Waals surface area contributed by atoms with Gasteiger partial charge in [-0.05, 0) is 49.4 Å². The first-order chi connectivity index (χ1) is 12.5. The van der Waals surface area contributed by atoms with Crippen molar-refractivity contribution in [2.24, 2.45) is 0 Å². The number of benzene rings is 2. The van der Waals surface area contributed by atoms with Crippen LogP contribution >= 0.6 is 11.6 Å². The first kappa shape index (κ1) is 19.0. The highest BCUT2D eigenvalue weighted by atomic mass is 35.5. The highest BCUT2D eigenvalue weighted by molar-refractivity contribution is 7.92. The van der Waals surface area contributed by atoms with Gasteiger partial charge >= 0.3 is 0 Å². The molecule has 5 nitrogen and oxygen atoms in total. The molecule has 0 aromatic heterocycles. The molecule has 7 heteroatoms. The molecular formula is C19H24ClN3O2S. The standard InChI is InChI=1S/C19H24ClN3O2S/c1-2-11-22-12-14-23(15-13-22)17-9-7-16(8-10-17)21-26(24,25)19-6-4-3-5-18(19)20/h3-10,21H,2,11-15H2,1H3. The van der Waals surface area contributed by atoms with Crippen molar-refractivity contribution in [3.63, 3.8) is 0 Å².